The summed E-state index contributed by atoms with van der Waals surface area (Å²) in [7, 11) is 0. The molecule has 2 bridgehead atoms. The first-order chi connectivity index (χ1) is 14.9. The predicted molar refractivity (Wildman–Crippen MR) is 113 cm³/mol. The first-order valence-electron chi connectivity index (χ1n) is 10.8. The van der Waals surface area contributed by atoms with Crippen molar-refractivity contribution in [3.8, 4) is 11.3 Å². The zero-order valence-corrected chi connectivity index (χ0v) is 17.6. The van der Waals surface area contributed by atoms with Gasteiger partial charge >= 0.3 is 0 Å². The highest BCUT2D eigenvalue weighted by atomic mass is 19.1. The van der Waals surface area contributed by atoms with Crippen LogP contribution in [0.1, 0.15) is 55.5 Å². The molecule has 2 fully saturated rings. The summed E-state index contributed by atoms with van der Waals surface area (Å²) >= 11 is 0. The standard InChI is InChI=1S/C24H24FN5O/c1-23(2)17-7-9-24(23,22(31)30-12-14(13-30)19-8-10-26-27-19)21-16(17)11-20(28-29-21)15-5-3-4-6-18(15)25/h3-6,8,10-11,14,17H,7,9,12-13H2,1-2H3,(H,26,27)/t17-,24+/m0/s1. The lowest BCUT2D eigenvalue weighted by Gasteiger charge is -2.46. The number of hydrogen-bond acceptors (Lipinski definition) is 4. The van der Waals surface area contributed by atoms with E-state index in [1.165, 1.54) is 6.07 Å². The number of benzene rings is 1. The van der Waals surface area contributed by atoms with Gasteiger partial charge in [0, 0.05) is 36.5 Å². The monoisotopic (exact) mass is 417 g/mol. The molecule has 1 saturated heterocycles. The lowest BCUT2D eigenvalue weighted by molar-refractivity contribution is -0.145. The molecule has 2 aliphatic carbocycles. The molecule has 7 heteroatoms. The Morgan fingerprint density at radius 1 is 1.19 bits per heavy atom. The van der Waals surface area contributed by atoms with Gasteiger partial charge in [-0.15, -0.1) is 0 Å². The number of likely N-dealkylation sites (tertiary alicyclic amines) is 1. The zero-order valence-electron chi connectivity index (χ0n) is 17.6. The SMILES string of the molecule is CC1(C)[C@H]2CC[C@]1(C(=O)N1CC(c3ccn[nH]3)C1)c1nnc(-c3ccccc3F)cc12. The minimum atomic E-state index is -0.660. The molecule has 1 N–H and O–H groups in total. The summed E-state index contributed by atoms with van der Waals surface area (Å²) in [5.41, 5.74) is 2.99. The Morgan fingerprint density at radius 2 is 2.00 bits per heavy atom. The smallest absolute Gasteiger partial charge is 0.235 e. The molecule has 2 aromatic heterocycles. The normalized spacial score (nSPS) is 26.0. The van der Waals surface area contributed by atoms with Gasteiger partial charge in [0.1, 0.15) is 5.82 Å². The molecule has 3 aromatic rings. The Balaban J connectivity index is 1.37. The Hall–Kier alpha value is -3.09. The topological polar surface area (TPSA) is 74.8 Å². The first kappa shape index (κ1) is 18.7. The summed E-state index contributed by atoms with van der Waals surface area (Å²) in [6, 6.07) is 10.6. The van der Waals surface area contributed by atoms with Gasteiger partial charge in [-0.1, -0.05) is 26.0 Å². The van der Waals surface area contributed by atoms with Gasteiger partial charge in [0.2, 0.25) is 5.91 Å². The molecule has 31 heavy (non-hydrogen) atoms. The van der Waals surface area contributed by atoms with Crippen LogP contribution in [0.3, 0.4) is 0 Å². The van der Waals surface area contributed by atoms with E-state index in [2.05, 4.69) is 34.2 Å². The van der Waals surface area contributed by atoms with Gasteiger partial charge in [-0.2, -0.15) is 15.3 Å². The van der Waals surface area contributed by atoms with Gasteiger partial charge in [0.15, 0.2) is 0 Å². The summed E-state index contributed by atoms with van der Waals surface area (Å²) in [6.07, 6.45) is 3.47. The van der Waals surface area contributed by atoms with E-state index in [0.29, 0.717) is 30.3 Å². The summed E-state index contributed by atoms with van der Waals surface area (Å²) in [4.78, 5) is 15.8. The average Bonchev–Trinajstić information content (AvgIpc) is 3.38. The number of carbonyl (C=O) groups excluding carboxylic acids is 1. The van der Waals surface area contributed by atoms with E-state index < -0.39 is 5.41 Å². The molecule has 0 unspecified atom stereocenters. The van der Waals surface area contributed by atoms with Crippen LogP contribution in [0.15, 0.2) is 42.6 Å². The van der Waals surface area contributed by atoms with Crippen molar-refractivity contribution in [3.63, 3.8) is 0 Å². The number of aromatic amines is 1. The van der Waals surface area contributed by atoms with E-state index in [1.807, 2.05) is 17.0 Å². The van der Waals surface area contributed by atoms with Crippen LogP contribution in [0.2, 0.25) is 0 Å². The Kier molecular flexibility index (Phi) is 3.74. The maximum atomic E-state index is 14.3. The molecule has 6 rings (SSSR count). The van der Waals surface area contributed by atoms with Crippen molar-refractivity contribution in [2.24, 2.45) is 5.41 Å². The second-order valence-corrected chi connectivity index (χ2v) is 9.65. The number of nitrogens with one attached hydrogen (secondary N) is 1. The van der Waals surface area contributed by atoms with Crippen LogP contribution in [-0.2, 0) is 10.2 Å². The summed E-state index contributed by atoms with van der Waals surface area (Å²) in [5, 5.41) is 16.0. The van der Waals surface area contributed by atoms with E-state index in [-0.39, 0.29) is 23.1 Å². The van der Waals surface area contributed by atoms with Crippen LogP contribution in [-0.4, -0.2) is 44.3 Å². The number of rotatable bonds is 3. The Morgan fingerprint density at radius 3 is 2.74 bits per heavy atom. The van der Waals surface area contributed by atoms with Crippen molar-refractivity contribution in [1.29, 1.82) is 0 Å². The third-order valence-electron chi connectivity index (χ3n) is 8.03. The third kappa shape index (κ3) is 2.32. The second-order valence-electron chi connectivity index (χ2n) is 9.65. The highest BCUT2D eigenvalue weighted by Gasteiger charge is 2.68. The van der Waals surface area contributed by atoms with Gasteiger partial charge < -0.3 is 4.90 Å². The van der Waals surface area contributed by atoms with Gasteiger partial charge in [0.05, 0.1) is 16.8 Å². The minimum absolute atomic E-state index is 0.155. The number of fused-ring (bicyclic) bond motifs is 5. The number of halogens is 1. The molecular weight excluding hydrogens is 393 g/mol. The van der Waals surface area contributed by atoms with Crippen LogP contribution >= 0.6 is 0 Å². The van der Waals surface area contributed by atoms with Crippen molar-refractivity contribution in [1.82, 2.24) is 25.3 Å². The molecule has 0 spiro atoms. The molecule has 1 amide bonds. The summed E-state index contributed by atoms with van der Waals surface area (Å²) in [6.45, 7) is 5.75. The number of H-pyrrole nitrogens is 1. The van der Waals surface area contributed by atoms with Crippen LogP contribution < -0.4 is 0 Å². The molecule has 1 aliphatic heterocycles. The molecule has 3 aliphatic rings. The number of amides is 1. The average molecular weight is 417 g/mol. The molecular formula is C24H24FN5O. The largest absolute Gasteiger partial charge is 0.340 e. The molecule has 0 radical (unpaired) electrons. The van der Waals surface area contributed by atoms with E-state index in [9.17, 15) is 9.18 Å². The molecule has 158 valence electrons. The summed E-state index contributed by atoms with van der Waals surface area (Å²) in [5.74, 6) is 0.369. The van der Waals surface area contributed by atoms with Crippen LogP contribution in [0, 0.1) is 11.2 Å². The minimum Gasteiger partial charge on any atom is -0.340 e. The molecule has 1 aromatic carbocycles. The molecule has 6 nitrogen and oxygen atoms in total. The van der Waals surface area contributed by atoms with Crippen molar-refractivity contribution in [3.05, 3.63) is 65.4 Å². The maximum absolute atomic E-state index is 14.3. The van der Waals surface area contributed by atoms with Crippen molar-refractivity contribution in [2.45, 2.75) is 43.9 Å². The number of hydrogen-bond donors (Lipinski definition) is 1. The lowest BCUT2D eigenvalue weighted by atomic mass is 9.67. The van der Waals surface area contributed by atoms with Crippen molar-refractivity contribution >= 4 is 5.91 Å². The predicted octanol–water partition coefficient (Wildman–Crippen LogP) is 3.79. The Labute approximate surface area is 179 Å². The highest BCUT2D eigenvalue weighted by Crippen LogP contribution is 2.68. The maximum Gasteiger partial charge on any atom is 0.235 e. The van der Waals surface area contributed by atoms with Gasteiger partial charge in [-0.25, -0.2) is 4.39 Å². The number of aromatic nitrogens is 4. The van der Waals surface area contributed by atoms with E-state index in [0.717, 1.165) is 29.8 Å². The Bertz CT molecular complexity index is 1180. The second kappa shape index (κ2) is 6.22. The van der Waals surface area contributed by atoms with Gasteiger partial charge in [0.25, 0.3) is 0 Å². The fourth-order valence-corrected chi connectivity index (χ4v) is 6.20. The van der Waals surface area contributed by atoms with E-state index in [1.54, 1.807) is 24.4 Å². The van der Waals surface area contributed by atoms with Crippen molar-refractivity contribution in [2.75, 3.05) is 13.1 Å². The molecule has 1 saturated carbocycles. The van der Waals surface area contributed by atoms with Crippen LogP contribution in [0.4, 0.5) is 4.39 Å². The van der Waals surface area contributed by atoms with E-state index >= 15 is 0 Å². The first-order valence-corrected chi connectivity index (χ1v) is 10.8. The number of carbonyl (C=O) groups is 1. The molecule has 2 atom stereocenters. The molecule has 3 heterocycles. The quantitative estimate of drug-likeness (QED) is 0.704. The van der Waals surface area contributed by atoms with Crippen LogP contribution in [0.5, 0.6) is 0 Å². The van der Waals surface area contributed by atoms with E-state index in [4.69, 9.17) is 0 Å². The summed E-state index contributed by atoms with van der Waals surface area (Å²) < 4.78 is 14.3. The third-order valence-corrected chi connectivity index (χ3v) is 8.03. The fourth-order valence-electron chi connectivity index (χ4n) is 6.20. The zero-order chi connectivity index (χ0) is 21.4. The fraction of sp³-hybridized carbons (Fsp3) is 0.417. The van der Waals surface area contributed by atoms with Gasteiger partial charge in [-0.05, 0) is 54.0 Å². The highest BCUT2D eigenvalue weighted by molar-refractivity contribution is 5.92. The number of nitrogens with zero attached hydrogens (tertiary/aromatic N) is 4. The van der Waals surface area contributed by atoms with Crippen LogP contribution in [0.25, 0.3) is 11.3 Å². The van der Waals surface area contributed by atoms with Gasteiger partial charge in [-0.3, -0.25) is 9.89 Å². The lowest BCUT2D eigenvalue weighted by Crippen LogP contribution is -2.58. The van der Waals surface area contributed by atoms with Crippen molar-refractivity contribution < 1.29 is 9.18 Å².